The van der Waals surface area contributed by atoms with Gasteiger partial charge in [-0.1, -0.05) is 6.92 Å². The topological polar surface area (TPSA) is 50.8 Å². The summed E-state index contributed by atoms with van der Waals surface area (Å²) in [5.41, 5.74) is 0. The normalized spacial score (nSPS) is 25.3. The minimum atomic E-state index is -0.174. The molecule has 1 rings (SSSR count). The number of carbonyl (C=O) groups is 1. The van der Waals surface area contributed by atoms with Gasteiger partial charge in [0.05, 0.1) is 25.7 Å². The fourth-order valence-electron chi connectivity index (χ4n) is 1.87. The molecule has 3 unspecified atom stereocenters. The summed E-state index contributed by atoms with van der Waals surface area (Å²) in [4.78, 5) is 13.6. The summed E-state index contributed by atoms with van der Waals surface area (Å²) in [7, 11) is 3.51. The molecule has 1 N–H and O–H groups in total. The second-order valence-electron chi connectivity index (χ2n) is 4.76. The van der Waals surface area contributed by atoms with Crippen molar-refractivity contribution in [2.45, 2.75) is 26.0 Å². The van der Waals surface area contributed by atoms with E-state index in [1.165, 1.54) is 7.11 Å². The molecule has 0 aromatic carbocycles. The molecule has 0 aromatic heterocycles. The average molecular weight is 244 g/mol. The van der Waals surface area contributed by atoms with E-state index in [0.29, 0.717) is 0 Å². The van der Waals surface area contributed by atoms with Crippen molar-refractivity contribution in [1.82, 2.24) is 10.2 Å². The van der Waals surface area contributed by atoms with E-state index in [2.05, 4.69) is 17.3 Å². The lowest BCUT2D eigenvalue weighted by atomic mass is 10.0. The van der Waals surface area contributed by atoms with E-state index >= 15 is 0 Å². The smallest absolute Gasteiger partial charge is 0.309 e. The fraction of sp³-hybridized carbons (Fsp3) is 0.917. The van der Waals surface area contributed by atoms with E-state index in [-0.39, 0.29) is 24.0 Å². The zero-order chi connectivity index (χ0) is 12.8. The minimum Gasteiger partial charge on any atom is -0.469 e. The van der Waals surface area contributed by atoms with Crippen LogP contribution in [0.15, 0.2) is 0 Å². The summed E-state index contributed by atoms with van der Waals surface area (Å²) in [5, 5.41) is 3.34. The highest BCUT2D eigenvalue weighted by atomic mass is 16.5. The van der Waals surface area contributed by atoms with Crippen LogP contribution in [0.2, 0.25) is 0 Å². The summed E-state index contributed by atoms with van der Waals surface area (Å²) >= 11 is 0. The molecule has 5 heteroatoms. The van der Waals surface area contributed by atoms with Crippen molar-refractivity contribution in [1.29, 1.82) is 0 Å². The maximum Gasteiger partial charge on any atom is 0.309 e. The van der Waals surface area contributed by atoms with Gasteiger partial charge in [0.2, 0.25) is 0 Å². The number of esters is 1. The SMILES string of the molecule is COC(=O)C(C)C(C)NCC1CN(C)CCO1. The van der Waals surface area contributed by atoms with E-state index in [4.69, 9.17) is 9.47 Å². The predicted molar refractivity (Wildman–Crippen MR) is 65.9 cm³/mol. The third-order valence-electron chi connectivity index (χ3n) is 3.33. The van der Waals surface area contributed by atoms with Crippen LogP contribution in [0.1, 0.15) is 13.8 Å². The second-order valence-corrected chi connectivity index (χ2v) is 4.76. The Morgan fingerprint density at radius 1 is 1.59 bits per heavy atom. The van der Waals surface area contributed by atoms with Gasteiger partial charge in [-0.15, -0.1) is 0 Å². The van der Waals surface area contributed by atoms with Crippen molar-refractivity contribution >= 4 is 5.97 Å². The van der Waals surface area contributed by atoms with Crippen molar-refractivity contribution in [2.24, 2.45) is 5.92 Å². The Kier molecular flexibility index (Phi) is 5.88. The van der Waals surface area contributed by atoms with Gasteiger partial charge in [0.25, 0.3) is 0 Å². The fourth-order valence-corrected chi connectivity index (χ4v) is 1.87. The number of ether oxygens (including phenoxy) is 2. The monoisotopic (exact) mass is 244 g/mol. The maximum atomic E-state index is 11.4. The van der Waals surface area contributed by atoms with Gasteiger partial charge < -0.3 is 19.7 Å². The second kappa shape index (κ2) is 6.93. The first-order valence-corrected chi connectivity index (χ1v) is 6.16. The number of nitrogens with zero attached hydrogens (tertiary/aromatic N) is 1. The lowest BCUT2D eigenvalue weighted by Crippen LogP contribution is -2.48. The van der Waals surface area contributed by atoms with Crippen LogP contribution >= 0.6 is 0 Å². The summed E-state index contributed by atoms with van der Waals surface area (Å²) in [6.45, 7) is 7.35. The zero-order valence-electron chi connectivity index (χ0n) is 11.2. The highest BCUT2D eigenvalue weighted by Crippen LogP contribution is 2.06. The molecule has 1 saturated heterocycles. The first-order valence-electron chi connectivity index (χ1n) is 6.16. The van der Waals surface area contributed by atoms with Crippen LogP contribution in [0.3, 0.4) is 0 Å². The van der Waals surface area contributed by atoms with Crippen LogP contribution in [0.5, 0.6) is 0 Å². The van der Waals surface area contributed by atoms with Crippen molar-refractivity contribution < 1.29 is 14.3 Å². The molecule has 0 saturated carbocycles. The van der Waals surface area contributed by atoms with Gasteiger partial charge in [-0.05, 0) is 14.0 Å². The third-order valence-corrected chi connectivity index (χ3v) is 3.33. The number of carbonyl (C=O) groups excluding carboxylic acids is 1. The predicted octanol–water partition coefficient (Wildman–Crippen LogP) is 0.104. The van der Waals surface area contributed by atoms with Gasteiger partial charge in [-0.3, -0.25) is 4.79 Å². The number of methoxy groups -OCH3 is 1. The molecular formula is C12H24N2O3. The molecule has 3 atom stereocenters. The standard InChI is InChI=1S/C12H24N2O3/c1-9(12(15)16-4)10(2)13-7-11-8-14(3)5-6-17-11/h9-11,13H,5-8H2,1-4H3. The average Bonchev–Trinajstić information content (AvgIpc) is 2.34. The molecule has 100 valence electrons. The molecule has 1 aliphatic rings. The molecule has 0 spiro atoms. The van der Waals surface area contributed by atoms with E-state index in [1.54, 1.807) is 0 Å². The molecule has 1 aliphatic heterocycles. The van der Waals surface area contributed by atoms with Crippen molar-refractivity contribution in [2.75, 3.05) is 40.4 Å². The minimum absolute atomic E-state index is 0.0956. The number of morpholine rings is 1. The van der Waals surface area contributed by atoms with E-state index in [1.807, 2.05) is 13.8 Å². The van der Waals surface area contributed by atoms with Gasteiger partial charge in [0.15, 0.2) is 0 Å². The van der Waals surface area contributed by atoms with E-state index in [0.717, 1.165) is 26.2 Å². The lowest BCUT2D eigenvalue weighted by Gasteiger charge is -2.31. The zero-order valence-corrected chi connectivity index (χ0v) is 11.2. The lowest BCUT2D eigenvalue weighted by molar-refractivity contribution is -0.145. The van der Waals surface area contributed by atoms with Crippen LogP contribution in [0.25, 0.3) is 0 Å². The Morgan fingerprint density at radius 3 is 2.88 bits per heavy atom. The quantitative estimate of drug-likeness (QED) is 0.695. The Hall–Kier alpha value is -0.650. The third kappa shape index (κ3) is 4.61. The van der Waals surface area contributed by atoms with Crippen LogP contribution in [0.4, 0.5) is 0 Å². The molecule has 0 aromatic rings. The first kappa shape index (κ1) is 14.4. The summed E-state index contributed by atoms with van der Waals surface area (Å²) < 4.78 is 10.4. The van der Waals surface area contributed by atoms with Crippen LogP contribution < -0.4 is 5.32 Å². The van der Waals surface area contributed by atoms with Crippen LogP contribution in [0, 0.1) is 5.92 Å². The van der Waals surface area contributed by atoms with E-state index < -0.39 is 0 Å². The molecule has 0 radical (unpaired) electrons. The van der Waals surface area contributed by atoms with Gasteiger partial charge in [0.1, 0.15) is 0 Å². The van der Waals surface area contributed by atoms with Crippen LogP contribution in [-0.2, 0) is 14.3 Å². The van der Waals surface area contributed by atoms with Crippen molar-refractivity contribution in [3.63, 3.8) is 0 Å². The largest absolute Gasteiger partial charge is 0.469 e. The van der Waals surface area contributed by atoms with Crippen LogP contribution in [-0.4, -0.2) is 63.4 Å². The number of rotatable bonds is 5. The molecule has 17 heavy (non-hydrogen) atoms. The van der Waals surface area contributed by atoms with Crippen molar-refractivity contribution in [3.8, 4) is 0 Å². The molecular weight excluding hydrogens is 220 g/mol. The molecule has 0 aliphatic carbocycles. The summed E-state index contributed by atoms with van der Waals surface area (Å²) in [5.74, 6) is -0.312. The highest BCUT2D eigenvalue weighted by molar-refractivity contribution is 5.72. The van der Waals surface area contributed by atoms with Gasteiger partial charge >= 0.3 is 5.97 Å². The first-order chi connectivity index (χ1) is 8.04. The van der Waals surface area contributed by atoms with Gasteiger partial charge in [-0.25, -0.2) is 0 Å². The maximum absolute atomic E-state index is 11.4. The van der Waals surface area contributed by atoms with Gasteiger partial charge in [0, 0.05) is 25.7 Å². The Bertz CT molecular complexity index is 248. The number of hydrogen-bond acceptors (Lipinski definition) is 5. The molecule has 0 bridgehead atoms. The molecule has 1 heterocycles. The Balaban J connectivity index is 2.27. The number of hydrogen-bond donors (Lipinski definition) is 1. The molecule has 0 amide bonds. The summed E-state index contributed by atoms with van der Waals surface area (Å²) in [6, 6.07) is 0.0956. The number of nitrogens with one attached hydrogen (secondary N) is 1. The Morgan fingerprint density at radius 2 is 2.29 bits per heavy atom. The van der Waals surface area contributed by atoms with Gasteiger partial charge in [-0.2, -0.15) is 0 Å². The molecule has 1 fully saturated rings. The Labute approximate surface area is 103 Å². The van der Waals surface area contributed by atoms with Crippen molar-refractivity contribution in [3.05, 3.63) is 0 Å². The highest BCUT2D eigenvalue weighted by Gasteiger charge is 2.23. The summed E-state index contributed by atoms with van der Waals surface area (Å²) in [6.07, 6.45) is 0.209. The van der Waals surface area contributed by atoms with E-state index in [9.17, 15) is 4.79 Å². The number of likely N-dealkylation sites (N-methyl/N-ethyl adjacent to an activating group) is 1. The molecule has 5 nitrogen and oxygen atoms in total.